The highest BCUT2D eigenvalue weighted by Gasteiger charge is 2.39. The predicted molar refractivity (Wildman–Crippen MR) is 72.1 cm³/mol. The number of hydrogen-bond donors (Lipinski definition) is 2. The van der Waals surface area contributed by atoms with Crippen LogP contribution >= 0.6 is 12.4 Å². The molecule has 0 saturated heterocycles. The molecule has 0 spiro atoms. The fraction of sp³-hybridized carbons (Fsp3) is 0.417. The summed E-state index contributed by atoms with van der Waals surface area (Å²) < 4.78 is 5.23. The topological polar surface area (TPSA) is 97.8 Å². The minimum atomic E-state index is -0.433. The molecule has 1 fully saturated rings. The van der Waals surface area contributed by atoms with Crippen LogP contribution in [0.5, 0.6) is 0 Å². The van der Waals surface area contributed by atoms with Crippen LogP contribution in [0.1, 0.15) is 30.7 Å². The third-order valence-electron chi connectivity index (χ3n) is 3.48. The van der Waals surface area contributed by atoms with Crippen LogP contribution < -0.4 is 11.3 Å². The van der Waals surface area contributed by atoms with Crippen LogP contribution in [0.25, 0.3) is 11.5 Å². The van der Waals surface area contributed by atoms with Crippen molar-refractivity contribution >= 4 is 12.4 Å². The van der Waals surface area contributed by atoms with Crippen molar-refractivity contribution in [3.8, 4) is 11.5 Å². The lowest BCUT2D eigenvalue weighted by Gasteiger charge is -2.34. The van der Waals surface area contributed by atoms with Crippen LogP contribution in [-0.4, -0.2) is 15.1 Å². The molecule has 19 heavy (non-hydrogen) atoms. The first-order chi connectivity index (χ1) is 8.58. The fourth-order valence-electron chi connectivity index (χ4n) is 2.12. The van der Waals surface area contributed by atoms with E-state index in [1.54, 1.807) is 6.20 Å². The van der Waals surface area contributed by atoms with Gasteiger partial charge in [-0.3, -0.25) is 4.79 Å². The Hall–Kier alpha value is -1.66. The maximum Gasteiger partial charge on any atom is 0.259 e. The van der Waals surface area contributed by atoms with Crippen molar-refractivity contribution in [3.05, 3.63) is 34.0 Å². The Morgan fingerprint density at radius 2 is 2.21 bits per heavy atom. The summed E-state index contributed by atoms with van der Waals surface area (Å²) >= 11 is 0. The van der Waals surface area contributed by atoms with E-state index in [1.807, 2.05) is 6.92 Å². The highest BCUT2D eigenvalue weighted by molar-refractivity contribution is 5.85. The number of rotatable bonds is 2. The molecule has 0 bridgehead atoms. The smallest absolute Gasteiger partial charge is 0.259 e. The predicted octanol–water partition coefficient (Wildman–Crippen LogP) is 1.49. The number of H-pyrrole nitrogens is 1. The largest absolute Gasteiger partial charge is 0.334 e. The maximum absolute atomic E-state index is 11.2. The number of halogens is 1. The average molecular weight is 283 g/mol. The summed E-state index contributed by atoms with van der Waals surface area (Å²) in [6, 6.07) is 1.50. The van der Waals surface area contributed by atoms with E-state index in [2.05, 4.69) is 15.1 Å². The summed E-state index contributed by atoms with van der Waals surface area (Å²) in [5.41, 5.74) is 7.09. The van der Waals surface area contributed by atoms with Crippen molar-refractivity contribution in [3.63, 3.8) is 0 Å². The molecule has 0 amide bonds. The highest BCUT2D eigenvalue weighted by atomic mass is 35.5. The molecule has 3 rings (SSSR count). The number of nitrogens with two attached hydrogens (primary N) is 1. The fourth-order valence-corrected chi connectivity index (χ4v) is 2.12. The zero-order chi connectivity index (χ0) is 12.8. The number of nitrogens with one attached hydrogen (secondary N) is 1. The molecule has 0 radical (unpaired) electrons. The first-order valence-electron chi connectivity index (χ1n) is 5.91. The number of aryl methyl sites for hydroxylation is 1. The van der Waals surface area contributed by atoms with Gasteiger partial charge in [-0.05, 0) is 31.7 Å². The summed E-state index contributed by atoms with van der Waals surface area (Å²) in [7, 11) is 0. The van der Waals surface area contributed by atoms with Gasteiger partial charge in [0.2, 0.25) is 5.56 Å². The normalized spacial score (nSPS) is 16.5. The van der Waals surface area contributed by atoms with Crippen LogP contribution in [0.4, 0.5) is 0 Å². The molecule has 1 aliphatic carbocycles. The van der Waals surface area contributed by atoms with Crippen LogP contribution in [-0.2, 0) is 5.54 Å². The second-order valence-corrected chi connectivity index (χ2v) is 4.83. The van der Waals surface area contributed by atoms with Gasteiger partial charge in [0.05, 0.1) is 11.1 Å². The molecule has 1 saturated carbocycles. The van der Waals surface area contributed by atoms with Gasteiger partial charge >= 0.3 is 0 Å². The van der Waals surface area contributed by atoms with E-state index in [0.29, 0.717) is 11.7 Å². The second-order valence-electron chi connectivity index (χ2n) is 4.83. The lowest BCUT2D eigenvalue weighted by Crippen LogP contribution is -2.44. The summed E-state index contributed by atoms with van der Waals surface area (Å²) in [6.07, 6.45) is 4.45. The standard InChI is InChI=1S/C12H14N4O2.ClH/c1-7-5-9(17)14-6-8(7)10-15-11(16-18-10)12(13)3-2-4-12;/h5-6H,2-4,13H2,1H3,(H,14,17);1H. The van der Waals surface area contributed by atoms with Gasteiger partial charge in [0.15, 0.2) is 5.82 Å². The molecule has 2 aromatic rings. The van der Waals surface area contributed by atoms with Crippen molar-refractivity contribution in [2.75, 3.05) is 0 Å². The van der Waals surface area contributed by atoms with E-state index in [-0.39, 0.29) is 18.0 Å². The summed E-state index contributed by atoms with van der Waals surface area (Å²) in [5, 5.41) is 3.95. The van der Waals surface area contributed by atoms with E-state index in [9.17, 15) is 4.79 Å². The molecule has 0 unspecified atom stereocenters. The van der Waals surface area contributed by atoms with Gasteiger partial charge in [-0.25, -0.2) is 0 Å². The Bertz CT molecular complexity index is 645. The minimum absolute atomic E-state index is 0. The quantitative estimate of drug-likeness (QED) is 0.870. The lowest BCUT2D eigenvalue weighted by molar-refractivity contribution is 0.229. The van der Waals surface area contributed by atoms with Gasteiger partial charge in [-0.2, -0.15) is 4.98 Å². The van der Waals surface area contributed by atoms with Crippen molar-refractivity contribution in [1.29, 1.82) is 0 Å². The highest BCUT2D eigenvalue weighted by Crippen LogP contribution is 2.37. The van der Waals surface area contributed by atoms with Crippen molar-refractivity contribution < 1.29 is 4.52 Å². The summed E-state index contributed by atoms with van der Waals surface area (Å²) in [6.45, 7) is 1.83. The molecule has 3 N–H and O–H groups in total. The zero-order valence-corrected chi connectivity index (χ0v) is 11.3. The third-order valence-corrected chi connectivity index (χ3v) is 3.48. The van der Waals surface area contributed by atoms with Gasteiger partial charge < -0.3 is 15.2 Å². The summed E-state index contributed by atoms with van der Waals surface area (Å²) in [4.78, 5) is 18.1. The van der Waals surface area contributed by atoms with Crippen LogP contribution in [0.3, 0.4) is 0 Å². The van der Waals surface area contributed by atoms with E-state index >= 15 is 0 Å². The van der Waals surface area contributed by atoms with E-state index in [0.717, 1.165) is 30.4 Å². The van der Waals surface area contributed by atoms with E-state index in [4.69, 9.17) is 10.3 Å². The van der Waals surface area contributed by atoms with E-state index < -0.39 is 5.54 Å². The Kier molecular flexibility index (Phi) is 3.47. The number of hydrogen-bond acceptors (Lipinski definition) is 5. The molecule has 0 aromatic carbocycles. The molecule has 0 atom stereocenters. The maximum atomic E-state index is 11.2. The Labute approximate surface area is 115 Å². The number of aromatic nitrogens is 3. The molecular weight excluding hydrogens is 268 g/mol. The number of pyridine rings is 1. The molecule has 0 aliphatic heterocycles. The Morgan fingerprint density at radius 3 is 2.79 bits per heavy atom. The van der Waals surface area contributed by atoms with Gasteiger partial charge in [0, 0.05) is 12.3 Å². The van der Waals surface area contributed by atoms with Crippen LogP contribution in [0, 0.1) is 6.92 Å². The second kappa shape index (κ2) is 4.79. The monoisotopic (exact) mass is 282 g/mol. The summed E-state index contributed by atoms with van der Waals surface area (Å²) in [5.74, 6) is 0.949. The SMILES string of the molecule is Cc1cc(=O)[nH]cc1-c1nc(C2(N)CCC2)no1.Cl. The average Bonchev–Trinajstić information content (AvgIpc) is 2.75. The first-order valence-corrected chi connectivity index (χ1v) is 5.91. The van der Waals surface area contributed by atoms with Gasteiger partial charge in [-0.1, -0.05) is 5.16 Å². The molecular formula is C12H15ClN4O2. The zero-order valence-electron chi connectivity index (χ0n) is 10.5. The molecule has 6 nitrogen and oxygen atoms in total. The number of aromatic amines is 1. The van der Waals surface area contributed by atoms with Crippen molar-refractivity contribution in [1.82, 2.24) is 15.1 Å². The number of nitrogens with zero attached hydrogens (tertiary/aromatic N) is 2. The molecule has 1 aliphatic rings. The van der Waals surface area contributed by atoms with Crippen molar-refractivity contribution in [2.24, 2.45) is 5.73 Å². The molecule has 2 heterocycles. The van der Waals surface area contributed by atoms with Gasteiger partial charge in [-0.15, -0.1) is 12.4 Å². The first kappa shape index (κ1) is 13.8. The lowest BCUT2D eigenvalue weighted by atomic mass is 9.77. The Balaban J connectivity index is 0.00000133. The van der Waals surface area contributed by atoms with Crippen molar-refractivity contribution in [2.45, 2.75) is 31.7 Å². The molecule has 102 valence electrons. The van der Waals surface area contributed by atoms with Crippen LogP contribution in [0.15, 0.2) is 21.6 Å². The Morgan fingerprint density at radius 1 is 1.47 bits per heavy atom. The third kappa shape index (κ3) is 2.29. The minimum Gasteiger partial charge on any atom is -0.334 e. The van der Waals surface area contributed by atoms with Gasteiger partial charge in [0.1, 0.15) is 0 Å². The van der Waals surface area contributed by atoms with Gasteiger partial charge in [0.25, 0.3) is 5.89 Å². The molecule has 7 heteroatoms. The van der Waals surface area contributed by atoms with E-state index in [1.165, 1.54) is 6.07 Å². The molecule has 2 aromatic heterocycles. The van der Waals surface area contributed by atoms with Crippen LogP contribution in [0.2, 0.25) is 0 Å².